The molecule has 3 aromatic rings. The molecule has 1 unspecified atom stereocenters. The number of halogens is 1. The molecule has 0 fully saturated rings. The van der Waals surface area contributed by atoms with Crippen molar-refractivity contribution >= 4 is 23.7 Å². The maximum atomic E-state index is 9.61. The van der Waals surface area contributed by atoms with Gasteiger partial charge in [-0.2, -0.15) is 0 Å². The van der Waals surface area contributed by atoms with Crippen LogP contribution < -0.4 is 4.90 Å². The summed E-state index contributed by atoms with van der Waals surface area (Å²) in [5.41, 5.74) is 6.67. The van der Waals surface area contributed by atoms with E-state index in [9.17, 15) is 5.11 Å². The Morgan fingerprint density at radius 2 is 2.00 bits per heavy atom. The molecule has 0 saturated heterocycles. The van der Waals surface area contributed by atoms with Gasteiger partial charge in [0.2, 0.25) is 0 Å². The Morgan fingerprint density at radius 3 is 2.79 bits per heavy atom. The average Bonchev–Trinajstić information content (AvgIpc) is 2.91. The lowest BCUT2D eigenvalue weighted by Gasteiger charge is -2.37. The third-order valence-electron chi connectivity index (χ3n) is 4.98. The summed E-state index contributed by atoms with van der Waals surface area (Å²) < 4.78 is 2.01. The zero-order chi connectivity index (χ0) is 16.0. The van der Waals surface area contributed by atoms with Crippen LogP contribution in [0.15, 0.2) is 42.6 Å². The molecule has 0 radical (unpaired) electrons. The van der Waals surface area contributed by atoms with Crippen molar-refractivity contribution in [3.63, 3.8) is 0 Å². The number of nitrogens with zero attached hydrogens (tertiary/aromatic N) is 3. The van der Waals surface area contributed by atoms with Crippen LogP contribution in [0.1, 0.15) is 35.5 Å². The second-order valence-corrected chi connectivity index (χ2v) is 6.21. The Labute approximate surface area is 148 Å². The number of hydrogen-bond donors (Lipinski definition) is 1. The van der Waals surface area contributed by atoms with Crippen LogP contribution in [0.2, 0.25) is 0 Å². The first kappa shape index (κ1) is 16.8. The van der Waals surface area contributed by atoms with Crippen molar-refractivity contribution in [1.82, 2.24) is 9.38 Å². The number of aryl methyl sites for hydroxylation is 1. The van der Waals surface area contributed by atoms with E-state index in [2.05, 4.69) is 42.2 Å². The maximum absolute atomic E-state index is 9.61. The Kier molecular flexibility index (Phi) is 4.52. The molecule has 2 aromatic heterocycles. The van der Waals surface area contributed by atoms with E-state index in [1.165, 1.54) is 11.1 Å². The van der Waals surface area contributed by atoms with Crippen LogP contribution in [0.3, 0.4) is 0 Å². The van der Waals surface area contributed by atoms with E-state index in [0.717, 1.165) is 35.7 Å². The third kappa shape index (κ3) is 2.46. The summed E-state index contributed by atoms with van der Waals surface area (Å²) in [4.78, 5) is 7.13. The van der Waals surface area contributed by atoms with Crippen LogP contribution in [-0.2, 0) is 13.0 Å². The Balaban J connectivity index is 0.00000169. The van der Waals surface area contributed by atoms with Gasteiger partial charge in [0.1, 0.15) is 0 Å². The second-order valence-electron chi connectivity index (χ2n) is 6.21. The highest BCUT2D eigenvalue weighted by Crippen LogP contribution is 2.35. The largest absolute Gasteiger partial charge is 0.390 e. The van der Waals surface area contributed by atoms with Gasteiger partial charge in [0.15, 0.2) is 5.65 Å². The van der Waals surface area contributed by atoms with Crippen molar-refractivity contribution in [2.24, 2.45) is 0 Å². The Morgan fingerprint density at radius 1 is 1.21 bits per heavy atom. The van der Waals surface area contributed by atoms with Gasteiger partial charge >= 0.3 is 0 Å². The van der Waals surface area contributed by atoms with E-state index >= 15 is 0 Å². The number of aliphatic hydroxyl groups excluding tert-OH is 1. The Hall–Kier alpha value is -2.04. The minimum absolute atomic E-state index is 0. The highest BCUT2D eigenvalue weighted by Gasteiger charge is 2.26. The molecule has 5 heteroatoms. The van der Waals surface area contributed by atoms with Crippen molar-refractivity contribution in [2.45, 2.75) is 32.9 Å². The molecule has 1 atom stereocenters. The maximum Gasteiger partial charge on any atom is 0.161 e. The van der Waals surface area contributed by atoms with Crippen LogP contribution in [0, 0.1) is 6.92 Å². The average molecular weight is 344 g/mol. The number of anilines is 1. The summed E-state index contributed by atoms with van der Waals surface area (Å²) in [5.74, 6) is 0. The summed E-state index contributed by atoms with van der Waals surface area (Å²) in [5, 5.41) is 9.61. The standard InChI is InChI=1S/C19H21N3O.ClH/c1-13-18(12-23)22-10-5-8-17(19(22)20-13)21-11-9-15-6-3-4-7-16(15)14(21)2;/h3-8,10,14,23H,9,11-12H2,1-2H3;1H. The highest BCUT2D eigenvalue weighted by atomic mass is 35.5. The molecule has 4 rings (SSSR count). The number of aliphatic hydroxyl groups is 1. The lowest BCUT2D eigenvalue weighted by atomic mass is 9.93. The molecule has 1 aromatic carbocycles. The van der Waals surface area contributed by atoms with Crippen molar-refractivity contribution in [3.05, 3.63) is 65.1 Å². The van der Waals surface area contributed by atoms with Gasteiger partial charge in [-0.15, -0.1) is 12.4 Å². The fraction of sp³-hybridized carbons (Fsp3) is 0.316. The van der Waals surface area contributed by atoms with Gasteiger partial charge in [-0.3, -0.25) is 4.40 Å². The van der Waals surface area contributed by atoms with Crippen LogP contribution in [-0.4, -0.2) is 21.0 Å². The van der Waals surface area contributed by atoms with E-state index in [0.29, 0.717) is 6.04 Å². The smallest absolute Gasteiger partial charge is 0.161 e. The number of benzene rings is 1. The Bertz CT molecular complexity index is 874. The predicted molar refractivity (Wildman–Crippen MR) is 99.0 cm³/mol. The van der Waals surface area contributed by atoms with E-state index in [4.69, 9.17) is 4.98 Å². The van der Waals surface area contributed by atoms with Gasteiger partial charge in [-0.1, -0.05) is 24.3 Å². The van der Waals surface area contributed by atoms with E-state index in [1.807, 2.05) is 23.6 Å². The number of fused-ring (bicyclic) bond motifs is 2. The van der Waals surface area contributed by atoms with Crippen LogP contribution in [0.25, 0.3) is 5.65 Å². The molecule has 0 amide bonds. The van der Waals surface area contributed by atoms with Crippen molar-refractivity contribution < 1.29 is 5.11 Å². The third-order valence-corrected chi connectivity index (χ3v) is 4.98. The lowest BCUT2D eigenvalue weighted by molar-refractivity contribution is 0.275. The first-order valence-electron chi connectivity index (χ1n) is 8.12. The van der Waals surface area contributed by atoms with E-state index in [-0.39, 0.29) is 19.0 Å². The van der Waals surface area contributed by atoms with Gasteiger partial charge < -0.3 is 10.0 Å². The fourth-order valence-electron chi connectivity index (χ4n) is 3.73. The van der Waals surface area contributed by atoms with Crippen molar-refractivity contribution in [2.75, 3.05) is 11.4 Å². The molecule has 0 saturated carbocycles. The van der Waals surface area contributed by atoms with Gasteiger partial charge in [0.05, 0.1) is 29.7 Å². The minimum Gasteiger partial charge on any atom is -0.390 e. The molecule has 4 nitrogen and oxygen atoms in total. The molecule has 1 aliphatic heterocycles. The second kappa shape index (κ2) is 6.46. The van der Waals surface area contributed by atoms with E-state index in [1.54, 1.807) is 0 Å². The lowest BCUT2D eigenvalue weighted by Crippen LogP contribution is -2.34. The normalized spacial score (nSPS) is 16.8. The topological polar surface area (TPSA) is 40.8 Å². The number of hydrogen-bond acceptors (Lipinski definition) is 3. The van der Waals surface area contributed by atoms with Gasteiger partial charge in [-0.05, 0) is 43.5 Å². The molecule has 1 N–H and O–H groups in total. The van der Waals surface area contributed by atoms with Gasteiger partial charge in [0, 0.05) is 12.7 Å². The van der Waals surface area contributed by atoms with Crippen molar-refractivity contribution in [3.8, 4) is 0 Å². The van der Waals surface area contributed by atoms with Gasteiger partial charge in [0.25, 0.3) is 0 Å². The predicted octanol–water partition coefficient (Wildman–Crippen LogP) is 3.68. The summed E-state index contributed by atoms with van der Waals surface area (Å²) in [7, 11) is 0. The minimum atomic E-state index is 0. The highest BCUT2D eigenvalue weighted by molar-refractivity contribution is 5.85. The molecule has 24 heavy (non-hydrogen) atoms. The molecule has 0 aliphatic carbocycles. The fourth-order valence-corrected chi connectivity index (χ4v) is 3.73. The number of pyridine rings is 1. The molecule has 3 heterocycles. The number of aromatic nitrogens is 2. The summed E-state index contributed by atoms with van der Waals surface area (Å²) in [6, 6.07) is 13.2. The number of rotatable bonds is 2. The molecule has 0 spiro atoms. The summed E-state index contributed by atoms with van der Waals surface area (Å²) >= 11 is 0. The molecule has 1 aliphatic rings. The first-order valence-corrected chi connectivity index (χ1v) is 8.12. The SMILES string of the molecule is Cc1nc2c(N3CCc4ccccc4C3C)cccn2c1CO.Cl. The quantitative estimate of drug-likeness (QED) is 0.771. The van der Waals surface area contributed by atoms with Gasteiger partial charge in [-0.25, -0.2) is 4.98 Å². The monoisotopic (exact) mass is 343 g/mol. The molecule has 126 valence electrons. The van der Waals surface area contributed by atoms with E-state index < -0.39 is 0 Å². The molecular formula is C19H22ClN3O. The molecular weight excluding hydrogens is 322 g/mol. The van der Waals surface area contributed by atoms with Crippen molar-refractivity contribution in [1.29, 1.82) is 0 Å². The first-order chi connectivity index (χ1) is 11.2. The summed E-state index contributed by atoms with van der Waals surface area (Å²) in [6.45, 7) is 5.20. The number of imidazole rings is 1. The van der Waals surface area contributed by atoms with Crippen LogP contribution in [0.5, 0.6) is 0 Å². The zero-order valence-corrected chi connectivity index (χ0v) is 14.8. The molecule has 0 bridgehead atoms. The zero-order valence-electron chi connectivity index (χ0n) is 13.9. The van der Waals surface area contributed by atoms with Crippen LogP contribution in [0.4, 0.5) is 5.69 Å². The summed E-state index contributed by atoms with van der Waals surface area (Å²) in [6.07, 6.45) is 3.03. The van der Waals surface area contributed by atoms with Crippen LogP contribution >= 0.6 is 12.4 Å².